The van der Waals surface area contributed by atoms with Crippen molar-refractivity contribution < 1.29 is 33.0 Å². The van der Waals surface area contributed by atoms with E-state index in [9.17, 15) is 27.9 Å². The highest BCUT2D eigenvalue weighted by Crippen LogP contribution is 2.34. The molecular formula is C19H15F3N2O4S2. The van der Waals surface area contributed by atoms with Gasteiger partial charge in [0.2, 0.25) is 0 Å². The summed E-state index contributed by atoms with van der Waals surface area (Å²) in [7, 11) is 0. The third-order valence-electron chi connectivity index (χ3n) is 4.22. The summed E-state index contributed by atoms with van der Waals surface area (Å²) in [6.07, 6.45) is -3.80. The van der Waals surface area contributed by atoms with E-state index in [1.807, 2.05) is 0 Å². The van der Waals surface area contributed by atoms with Gasteiger partial charge < -0.3 is 10.2 Å². The molecule has 3 aromatic rings. The molecule has 3 aromatic heterocycles. The number of hydrogen-bond donors (Lipinski definition) is 2. The fourth-order valence-electron chi connectivity index (χ4n) is 2.54. The Morgan fingerprint density at radius 2 is 1.93 bits per heavy atom. The number of aryl methyl sites for hydroxylation is 1. The lowest BCUT2D eigenvalue weighted by Gasteiger charge is -2.15. The number of carboxylic acids is 1. The Bertz CT molecular complexity index is 1140. The maximum atomic E-state index is 13.0. The summed E-state index contributed by atoms with van der Waals surface area (Å²) >= 11 is 1.82. The minimum atomic E-state index is -4.56. The Labute approximate surface area is 176 Å². The molecule has 0 bridgehead atoms. The van der Waals surface area contributed by atoms with E-state index in [1.54, 1.807) is 13.0 Å². The Hall–Kier alpha value is -2.50. The highest BCUT2D eigenvalue weighted by molar-refractivity contribution is 8.00. The number of aromatic nitrogens is 2. The molecule has 0 aliphatic heterocycles. The molecule has 2 N–H and O–H groups in total. The third kappa shape index (κ3) is 4.47. The average Bonchev–Trinajstić information content (AvgIpc) is 3.15. The van der Waals surface area contributed by atoms with Crippen molar-refractivity contribution in [3.05, 3.63) is 51.5 Å². The fraction of sp³-hybridized carbons (Fsp3) is 0.263. The summed E-state index contributed by atoms with van der Waals surface area (Å²) in [6.45, 7) is 2.78. The second kappa shape index (κ2) is 7.97. The van der Waals surface area contributed by atoms with Gasteiger partial charge in [-0.25, -0.2) is 9.78 Å². The molecule has 0 aliphatic carbocycles. The summed E-state index contributed by atoms with van der Waals surface area (Å²) < 4.78 is 39.1. The fourth-order valence-corrected chi connectivity index (χ4v) is 4.56. The molecule has 0 radical (unpaired) electrons. The number of carbonyl (C=O) groups excluding carboxylic acids is 1. The number of alkyl halides is 3. The molecule has 0 spiro atoms. The predicted octanol–water partition coefficient (Wildman–Crippen LogP) is 4.29. The van der Waals surface area contributed by atoms with E-state index in [4.69, 9.17) is 5.11 Å². The number of thiophene rings is 1. The molecular weight excluding hydrogens is 441 g/mol. The molecule has 158 valence electrons. The summed E-state index contributed by atoms with van der Waals surface area (Å²) in [5.41, 5.74) is -2.15. The number of fused-ring (bicyclic) bond motifs is 1. The van der Waals surface area contributed by atoms with Crippen LogP contribution in [0.4, 0.5) is 13.2 Å². The van der Waals surface area contributed by atoms with Crippen LogP contribution in [-0.2, 0) is 16.6 Å². The van der Waals surface area contributed by atoms with Crippen molar-refractivity contribution >= 4 is 45.8 Å². The lowest BCUT2D eigenvalue weighted by Crippen LogP contribution is -2.30. The average molecular weight is 456 g/mol. The van der Waals surface area contributed by atoms with Gasteiger partial charge in [-0.05, 0) is 38.1 Å². The largest absolute Gasteiger partial charge is 0.479 e. The minimum absolute atomic E-state index is 0.0986. The molecule has 0 unspecified atom stereocenters. The van der Waals surface area contributed by atoms with E-state index in [-0.39, 0.29) is 31.7 Å². The van der Waals surface area contributed by atoms with Gasteiger partial charge in [-0.1, -0.05) is 11.8 Å². The van der Waals surface area contributed by atoms with E-state index in [2.05, 4.69) is 9.97 Å². The second-order valence-electron chi connectivity index (χ2n) is 6.61. The van der Waals surface area contributed by atoms with Crippen molar-refractivity contribution in [2.24, 2.45) is 0 Å². The number of hydrogen-bond acceptors (Lipinski definition) is 7. The van der Waals surface area contributed by atoms with E-state index in [1.165, 1.54) is 12.1 Å². The number of pyridine rings is 2. The number of carbonyl (C=O) groups is 2. The van der Waals surface area contributed by atoms with Gasteiger partial charge in [-0.2, -0.15) is 13.2 Å². The van der Waals surface area contributed by atoms with E-state index >= 15 is 0 Å². The Balaban J connectivity index is 1.86. The van der Waals surface area contributed by atoms with Gasteiger partial charge in [0.1, 0.15) is 5.03 Å². The minimum Gasteiger partial charge on any atom is -0.479 e. The molecule has 0 saturated carbocycles. The molecule has 3 rings (SSSR count). The summed E-state index contributed by atoms with van der Waals surface area (Å²) in [5.74, 6) is -1.94. The van der Waals surface area contributed by atoms with Gasteiger partial charge in [-0.15, -0.1) is 11.3 Å². The second-order valence-corrected chi connectivity index (χ2v) is 8.66. The maximum absolute atomic E-state index is 13.0. The number of Topliss-reactive ketones (excluding diaryl/α,β-unsaturated/α-hetero) is 1. The van der Waals surface area contributed by atoms with Crippen LogP contribution in [0.3, 0.4) is 0 Å². The molecule has 0 aliphatic rings. The first kappa shape index (κ1) is 22.2. The first-order chi connectivity index (χ1) is 13.9. The molecule has 0 fully saturated rings. The number of halogens is 3. The topological polar surface area (TPSA) is 100 Å². The molecule has 1 atom stereocenters. The number of carboxylic acid groups (broad SMARTS) is 1. The molecule has 3 heterocycles. The zero-order valence-electron chi connectivity index (χ0n) is 15.6. The highest BCUT2D eigenvalue weighted by atomic mass is 32.2. The van der Waals surface area contributed by atoms with Gasteiger partial charge in [0.05, 0.1) is 21.7 Å². The van der Waals surface area contributed by atoms with Crippen molar-refractivity contribution in [3.63, 3.8) is 0 Å². The van der Waals surface area contributed by atoms with Crippen molar-refractivity contribution in [3.8, 4) is 0 Å². The van der Waals surface area contributed by atoms with E-state index < -0.39 is 23.3 Å². The number of thioether (sulfide) groups is 1. The summed E-state index contributed by atoms with van der Waals surface area (Å²) in [6, 6.07) is 5.28. The van der Waals surface area contributed by atoms with E-state index in [0.29, 0.717) is 11.2 Å². The van der Waals surface area contributed by atoms with Crippen LogP contribution in [0.1, 0.15) is 32.7 Å². The highest BCUT2D eigenvalue weighted by Gasteiger charge is 2.34. The SMILES string of the molecule is Cc1cc2ncc(C(F)(F)F)cc2c(SCC(=O)c2ccc([C@@](C)(O)C(=O)O)s2)n1. The molecule has 0 amide bonds. The predicted molar refractivity (Wildman–Crippen MR) is 106 cm³/mol. The molecule has 0 saturated heterocycles. The lowest BCUT2D eigenvalue weighted by atomic mass is 10.1. The summed E-state index contributed by atoms with van der Waals surface area (Å²) in [5, 5.41) is 19.5. The first-order valence-corrected chi connectivity index (χ1v) is 10.3. The number of aliphatic hydroxyl groups is 1. The standard InChI is InChI=1S/C19H15F3N2O4S2/c1-9-5-12-11(6-10(7-23-12)19(20,21)22)16(24-9)29-8-13(25)14-3-4-15(30-14)18(2,28)17(26)27/h3-7,28H,8H2,1-2H3,(H,26,27)/t18-/m1/s1. The zero-order chi connectivity index (χ0) is 22.3. The number of aliphatic carboxylic acids is 1. The normalized spacial score (nSPS) is 13.9. The van der Waals surface area contributed by atoms with Crippen molar-refractivity contribution in [1.82, 2.24) is 9.97 Å². The number of nitrogens with zero attached hydrogens (tertiary/aromatic N) is 2. The lowest BCUT2D eigenvalue weighted by molar-refractivity contribution is -0.157. The van der Waals surface area contributed by atoms with Gasteiger partial charge in [0.15, 0.2) is 11.4 Å². The Kier molecular flexibility index (Phi) is 5.89. The third-order valence-corrected chi connectivity index (χ3v) is 6.55. The van der Waals surface area contributed by atoms with E-state index in [0.717, 1.165) is 42.3 Å². The van der Waals surface area contributed by atoms with Crippen LogP contribution in [0, 0.1) is 6.92 Å². The molecule has 11 heteroatoms. The first-order valence-electron chi connectivity index (χ1n) is 8.46. The molecule has 6 nitrogen and oxygen atoms in total. The Morgan fingerprint density at radius 1 is 1.23 bits per heavy atom. The maximum Gasteiger partial charge on any atom is 0.417 e. The molecule has 30 heavy (non-hydrogen) atoms. The van der Waals surface area contributed by atoms with Crippen molar-refractivity contribution in [1.29, 1.82) is 0 Å². The monoisotopic (exact) mass is 456 g/mol. The van der Waals surface area contributed by atoms with Crippen LogP contribution < -0.4 is 0 Å². The van der Waals surface area contributed by atoms with Gasteiger partial charge in [-0.3, -0.25) is 9.78 Å². The van der Waals surface area contributed by atoms with Crippen LogP contribution in [0.5, 0.6) is 0 Å². The van der Waals surface area contributed by atoms with Crippen molar-refractivity contribution in [2.45, 2.75) is 30.7 Å². The quantitative estimate of drug-likeness (QED) is 0.422. The molecule has 0 aromatic carbocycles. The van der Waals surface area contributed by atoms with Crippen LogP contribution in [-0.4, -0.2) is 37.7 Å². The van der Waals surface area contributed by atoms with Gasteiger partial charge >= 0.3 is 12.1 Å². The van der Waals surface area contributed by atoms with Gasteiger partial charge in [0, 0.05) is 22.2 Å². The number of ketones is 1. The van der Waals surface area contributed by atoms with Crippen LogP contribution >= 0.6 is 23.1 Å². The summed E-state index contributed by atoms with van der Waals surface area (Å²) in [4.78, 5) is 32.1. The van der Waals surface area contributed by atoms with Crippen LogP contribution in [0.25, 0.3) is 10.9 Å². The number of rotatable bonds is 6. The zero-order valence-corrected chi connectivity index (χ0v) is 17.3. The van der Waals surface area contributed by atoms with Crippen LogP contribution in [0.15, 0.2) is 35.5 Å². The van der Waals surface area contributed by atoms with Crippen LogP contribution in [0.2, 0.25) is 0 Å². The van der Waals surface area contributed by atoms with Crippen molar-refractivity contribution in [2.75, 3.05) is 5.75 Å². The van der Waals surface area contributed by atoms with Gasteiger partial charge in [0.25, 0.3) is 0 Å². The Morgan fingerprint density at radius 3 is 2.57 bits per heavy atom. The smallest absolute Gasteiger partial charge is 0.417 e.